The largest absolute Gasteiger partial charge is 0.497 e. The first-order chi connectivity index (χ1) is 14.7. The number of hydrogen-bond acceptors (Lipinski definition) is 4. The number of nitrogens with zero attached hydrogens (tertiary/aromatic N) is 1. The van der Waals surface area contributed by atoms with Gasteiger partial charge in [0.1, 0.15) is 12.0 Å². The summed E-state index contributed by atoms with van der Waals surface area (Å²) < 4.78 is 11.5. The first kappa shape index (κ1) is 17.9. The molecule has 1 N–H and O–H groups in total. The zero-order valence-electron chi connectivity index (χ0n) is 16.6. The van der Waals surface area contributed by atoms with E-state index < -0.39 is 6.23 Å². The van der Waals surface area contributed by atoms with Gasteiger partial charge in [0.15, 0.2) is 0 Å². The zero-order chi connectivity index (χ0) is 20.4. The Bertz CT molecular complexity index is 1120. The number of fused-ring (bicyclic) bond motifs is 6. The summed E-state index contributed by atoms with van der Waals surface area (Å²) in [6, 6.07) is 22.0. The maximum absolute atomic E-state index is 13.3. The first-order valence-electron chi connectivity index (χ1n) is 10.5. The van der Waals surface area contributed by atoms with E-state index in [1.807, 2.05) is 30.3 Å². The van der Waals surface area contributed by atoms with Crippen LogP contribution in [0, 0.1) is 11.8 Å². The second-order valence-corrected chi connectivity index (χ2v) is 8.47. The predicted octanol–water partition coefficient (Wildman–Crippen LogP) is 3.70. The second kappa shape index (κ2) is 6.56. The van der Waals surface area contributed by atoms with E-state index in [-0.39, 0.29) is 35.9 Å². The molecule has 3 aliphatic rings. The molecule has 6 rings (SSSR count). The monoisotopic (exact) mass is 401 g/mol. The minimum Gasteiger partial charge on any atom is -0.497 e. The molecule has 0 spiro atoms. The molecule has 3 aliphatic heterocycles. The Balaban J connectivity index is 1.35. The molecule has 3 heterocycles. The molecule has 3 aromatic carbocycles. The Kier molecular flexibility index (Phi) is 3.92. The smallest absolute Gasteiger partial charge is 0.235 e. The fourth-order valence-corrected chi connectivity index (χ4v) is 5.82. The molecule has 0 aliphatic carbocycles. The van der Waals surface area contributed by atoms with Gasteiger partial charge in [0.05, 0.1) is 25.2 Å². The molecule has 2 bridgehead atoms. The van der Waals surface area contributed by atoms with E-state index in [2.05, 4.69) is 36.4 Å². The molecule has 0 aromatic heterocycles. The molecule has 30 heavy (non-hydrogen) atoms. The van der Waals surface area contributed by atoms with Crippen molar-refractivity contribution in [1.82, 2.24) is 0 Å². The van der Waals surface area contributed by atoms with Crippen LogP contribution in [0.2, 0.25) is 0 Å². The lowest BCUT2D eigenvalue weighted by molar-refractivity contribution is -0.122. The highest BCUT2D eigenvalue weighted by Gasteiger charge is 2.65. The molecule has 6 atom stereocenters. The van der Waals surface area contributed by atoms with Crippen molar-refractivity contribution in [3.63, 3.8) is 0 Å². The van der Waals surface area contributed by atoms with Crippen LogP contribution in [0.4, 0.5) is 5.69 Å². The molecule has 0 unspecified atom stereocenters. The van der Waals surface area contributed by atoms with E-state index in [0.29, 0.717) is 5.69 Å². The number of benzene rings is 3. The second-order valence-electron chi connectivity index (χ2n) is 8.47. The van der Waals surface area contributed by atoms with Crippen molar-refractivity contribution in [1.29, 1.82) is 0 Å². The van der Waals surface area contributed by atoms with Crippen molar-refractivity contribution < 1.29 is 19.4 Å². The lowest BCUT2D eigenvalue weighted by Gasteiger charge is -2.30. The van der Waals surface area contributed by atoms with Crippen LogP contribution in [0.25, 0.3) is 10.8 Å². The summed E-state index contributed by atoms with van der Waals surface area (Å²) in [5.74, 6) is 0.363. The quantitative estimate of drug-likeness (QED) is 0.727. The van der Waals surface area contributed by atoms with Gasteiger partial charge in [0.25, 0.3) is 0 Å². The van der Waals surface area contributed by atoms with Gasteiger partial charge in [-0.3, -0.25) is 9.69 Å². The van der Waals surface area contributed by atoms with Crippen LogP contribution in [0.1, 0.15) is 17.9 Å². The summed E-state index contributed by atoms with van der Waals surface area (Å²) in [6.07, 6.45) is -0.375. The van der Waals surface area contributed by atoms with Gasteiger partial charge in [-0.2, -0.15) is 0 Å². The molecule has 1 amide bonds. The molecular formula is C25H23NO4. The van der Waals surface area contributed by atoms with Gasteiger partial charge in [-0.05, 0) is 47.0 Å². The van der Waals surface area contributed by atoms with Crippen LogP contribution in [-0.2, 0) is 9.53 Å². The number of methoxy groups -OCH3 is 1. The molecule has 3 saturated heterocycles. The molecule has 3 aromatic rings. The summed E-state index contributed by atoms with van der Waals surface area (Å²) in [4.78, 5) is 14.8. The lowest BCUT2D eigenvalue weighted by atomic mass is 9.72. The maximum Gasteiger partial charge on any atom is 0.235 e. The van der Waals surface area contributed by atoms with Crippen molar-refractivity contribution in [2.45, 2.75) is 30.8 Å². The van der Waals surface area contributed by atoms with E-state index >= 15 is 0 Å². The number of hydrogen-bond donors (Lipinski definition) is 1. The van der Waals surface area contributed by atoms with Crippen LogP contribution in [0.3, 0.4) is 0 Å². The molecule has 0 saturated carbocycles. The molecule has 0 radical (unpaired) electrons. The van der Waals surface area contributed by atoms with Gasteiger partial charge in [0, 0.05) is 17.5 Å². The van der Waals surface area contributed by atoms with Gasteiger partial charge in [-0.1, -0.05) is 42.5 Å². The third-order valence-corrected chi connectivity index (χ3v) is 7.11. The van der Waals surface area contributed by atoms with Crippen molar-refractivity contribution in [3.05, 3.63) is 72.3 Å². The topological polar surface area (TPSA) is 59.0 Å². The van der Waals surface area contributed by atoms with Crippen molar-refractivity contribution in [3.8, 4) is 5.75 Å². The highest BCUT2D eigenvalue weighted by Crippen LogP contribution is 2.56. The third kappa shape index (κ3) is 2.39. The van der Waals surface area contributed by atoms with Crippen LogP contribution < -0.4 is 9.64 Å². The SMILES string of the molecule is COc1ccc(N2C(=O)[C@H]3[C@H]([C@H]4O[C@@H]3C[C@@H]4c3cccc4ccccc34)[C@H]2O)cc1. The van der Waals surface area contributed by atoms with E-state index in [9.17, 15) is 9.90 Å². The Hall–Kier alpha value is -2.89. The van der Waals surface area contributed by atoms with Gasteiger partial charge in [0.2, 0.25) is 5.91 Å². The fraction of sp³-hybridized carbons (Fsp3) is 0.320. The van der Waals surface area contributed by atoms with Crippen LogP contribution in [0.5, 0.6) is 5.75 Å². The average Bonchev–Trinajstić information content (AvgIpc) is 3.45. The molecule has 152 valence electrons. The maximum atomic E-state index is 13.3. The first-order valence-corrected chi connectivity index (χ1v) is 10.5. The third-order valence-electron chi connectivity index (χ3n) is 7.11. The molecule has 5 heteroatoms. The number of ether oxygens (including phenoxy) is 2. The number of amides is 1. The Morgan fingerprint density at radius 1 is 1.03 bits per heavy atom. The number of aliphatic hydroxyl groups is 1. The fourth-order valence-electron chi connectivity index (χ4n) is 5.82. The number of aliphatic hydroxyl groups excluding tert-OH is 1. The Labute approximate surface area is 174 Å². The van der Waals surface area contributed by atoms with Gasteiger partial charge < -0.3 is 14.6 Å². The lowest BCUT2D eigenvalue weighted by Crippen LogP contribution is -2.39. The summed E-state index contributed by atoms with van der Waals surface area (Å²) in [5.41, 5.74) is 1.95. The van der Waals surface area contributed by atoms with E-state index in [4.69, 9.17) is 9.47 Å². The highest BCUT2D eigenvalue weighted by atomic mass is 16.5. The Morgan fingerprint density at radius 3 is 2.60 bits per heavy atom. The van der Waals surface area contributed by atoms with Crippen molar-refractivity contribution in [2.75, 3.05) is 12.0 Å². The number of anilines is 1. The van der Waals surface area contributed by atoms with E-state index in [1.54, 1.807) is 12.0 Å². The standard InChI is InChI=1S/C25H23NO4/c1-29-16-11-9-15(10-12-16)26-24(27)21-20-13-19(23(30-20)22(21)25(26)28)18-8-4-6-14-5-2-3-7-17(14)18/h2-12,19-23,25,28H,13H2,1H3/t19-,20-,21-,22-,23+,25-/m1/s1. The zero-order valence-corrected chi connectivity index (χ0v) is 16.6. The average molecular weight is 401 g/mol. The summed E-state index contributed by atoms with van der Waals surface area (Å²) in [5, 5.41) is 13.6. The molecular weight excluding hydrogens is 378 g/mol. The van der Waals surface area contributed by atoms with E-state index in [0.717, 1.165) is 12.2 Å². The van der Waals surface area contributed by atoms with Crippen molar-refractivity contribution >= 4 is 22.4 Å². The minimum atomic E-state index is -0.885. The number of rotatable bonds is 3. The summed E-state index contributed by atoms with van der Waals surface area (Å²) in [7, 11) is 1.61. The highest BCUT2D eigenvalue weighted by molar-refractivity contribution is 5.99. The molecule has 3 fully saturated rings. The summed E-state index contributed by atoms with van der Waals surface area (Å²) in [6.45, 7) is 0. The predicted molar refractivity (Wildman–Crippen MR) is 113 cm³/mol. The number of carbonyl (C=O) groups is 1. The Morgan fingerprint density at radius 2 is 1.80 bits per heavy atom. The summed E-state index contributed by atoms with van der Waals surface area (Å²) >= 11 is 0. The van der Waals surface area contributed by atoms with Crippen LogP contribution in [-0.4, -0.2) is 36.6 Å². The van der Waals surface area contributed by atoms with Gasteiger partial charge in [-0.25, -0.2) is 0 Å². The van der Waals surface area contributed by atoms with Crippen molar-refractivity contribution in [2.24, 2.45) is 11.8 Å². The van der Waals surface area contributed by atoms with Gasteiger partial charge in [-0.15, -0.1) is 0 Å². The normalized spacial score (nSPS) is 32.1. The van der Waals surface area contributed by atoms with E-state index in [1.165, 1.54) is 16.3 Å². The minimum absolute atomic E-state index is 0.0402. The molecule has 5 nitrogen and oxygen atoms in total. The number of carbonyl (C=O) groups excluding carboxylic acids is 1. The van der Waals surface area contributed by atoms with Crippen LogP contribution >= 0.6 is 0 Å². The van der Waals surface area contributed by atoms with Gasteiger partial charge >= 0.3 is 0 Å². The van der Waals surface area contributed by atoms with Crippen LogP contribution in [0.15, 0.2) is 66.7 Å².